The Hall–Kier alpha value is -0.0800. The monoisotopic (exact) mass is 354 g/mol. The highest BCUT2D eigenvalue weighted by Crippen LogP contribution is 2.11. The summed E-state index contributed by atoms with van der Waals surface area (Å²) < 4.78 is 0. The molecule has 2 N–H and O–H groups in total. The maximum Gasteiger partial charge on any atom is 0.0139 e. The van der Waals surface area contributed by atoms with Crippen LogP contribution in [0.15, 0.2) is 0 Å². The van der Waals surface area contributed by atoms with Gasteiger partial charge in [-0.15, -0.1) is 0 Å². The van der Waals surface area contributed by atoms with Crippen LogP contribution in [-0.2, 0) is 0 Å². The number of unbranched alkanes of at least 4 members (excludes halogenated alkanes) is 14. The average Bonchev–Trinajstić information content (AvgIpc) is 2.58. The lowest BCUT2D eigenvalue weighted by molar-refractivity contribution is 0.249. The predicted molar refractivity (Wildman–Crippen MR) is 115 cm³/mol. The molecule has 0 radical (unpaired) electrons. The molecule has 0 aromatic heterocycles. The van der Waals surface area contributed by atoms with Crippen molar-refractivity contribution in [3.05, 3.63) is 0 Å². The highest BCUT2D eigenvalue weighted by atomic mass is 15.1. The first kappa shape index (κ1) is 24.9. The molecule has 25 heavy (non-hydrogen) atoms. The van der Waals surface area contributed by atoms with Crippen LogP contribution < -0.4 is 5.73 Å². The zero-order valence-electron chi connectivity index (χ0n) is 18.0. The van der Waals surface area contributed by atoms with E-state index in [4.69, 9.17) is 5.73 Å². The molecule has 152 valence electrons. The topological polar surface area (TPSA) is 29.3 Å². The lowest BCUT2D eigenvalue weighted by atomic mass is 10.1. The summed E-state index contributed by atoms with van der Waals surface area (Å²) in [5.41, 5.74) is 6.05. The van der Waals surface area contributed by atoms with Crippen LogP contribution in [0.3, 0.4) is 0 Å². The first-order valence-corrected chi connectivity index (χ1v) is 11.7. The third-order valence-corrected chi connectivity index (χ3v) is 5.20. The highest BCUT2D eigenvalue weighted by Gasteiger charge is 2.07. The van der Waals surface area contributed by atoms with Crippen molar-refractivity contribution in [3.8, 4) is 0 Å². The van der Waals surface area contributed by atoms with Crippen molar-refractivity contribution in [2.45, 2.75) is 130 Å². The number of nitrogens with zero attached hydrogens (tertiary/aromatic N) is 1. The van der Waals surface area contributed by atoms with Crippen LogP contribution in [0.1, 0.15) is 124 Å². The van der Waals surface area contributed by atoms with Crippen LogP contribution >= 0.6 is 0 Å². The second-order valence-electron chi connectivity index (χ2n) is 8.23. The minimum absolute atomic E-state index is 0.308. The SMILES string of the molecule is CCCCCCCCCCN(CCCCCCCCCC)CC(C)N. The fourth-order valence-corrected chi connectivity index (χ4v) is 3.64. The van der Waals surface area contributed by atoms with Gasteiger partial charge in [-0.3, -0.25) is 0 Å². The lowest BCUT2D eigenvalue weighted by Gasteiger charge is -2.24. The molecule has 0 aromatic carbocycles. The third kappa shape index (κ3) is 20.1. The van der Waals surface area contributed by atoms with Crippen molar-refractivity contribution in [1.29, 1.82) is 0 Å². The summed E-state index contributed by atoms with van der Waals surface area (Å²) in [7, 11) is 0. The van der Waals surface area contributed by atoms with Gasteiger partial charge >= 0.3 is 0 Å². The Morgan fingerprint density at radius 1 is 0.560 bits per heavy atom. The highest BCUT2D eigenvalue weighted by molar-refractivity contribution is 4.65. The summed E-state index contributed by atoms with van der Waals surface area (Å²) in [6, 6.07) is 0.308. The zero-order chi connectivity index (χ0) is 18.6. The van der Waals surface area contributed by atoms with Crippen molar-refractivity contribution in [2.75, 3.05) is 19.6 Å². The number of nitrogens with two attached hydrogens (primary N) is 1. The minimum Gasteiger partial charge on any atom is -0.327 e. The van der Waals surface area contributed by atoms with Crippen LogP contribution in [0.2, 0.25) is 0 Å². The fourth-order valence-electron chi connectivity index (χ4n) is 3.64. The van der Waals surface area contributed by atoms with Crippen molar-refractivity contribution >= 4 is 0 Å². The van der Waals surface area contributed by atoms with Gasteiger partial charge in [0.1, 0.15) is 0 Å². The molecule has 0 aliphatic carbocycles. The Bertz CT molecular complexity index is 220. The van der Waals surface area contributed by atoms with Crippen LogP contribution in [-0.4, -0.2) is 30.6 Å². The van der Waals surface area contributed by atoms with Crippen molar-refractivity contribution in [2.24, 2.45) is 5.73 Å². The van der Waals surface area contributed by atoms with E-state index >= 15 is 0 Å². The van der Waals surface area contributed by atoms with Gasteiger partial charge in [0.2, 0.25) is 0 Å². The van der Waals surface area contributed by atoms with E-state index in [0.717, 1.165) is 6.54 Å². The number of hydrogen-bond donors (Lipinski definition) is 1. The van der Waals surface area contributed by atoms with Gasteiger partial charge in [0.25, 0.3) is 0 Å². The van der Waals surface area contributed by atoms with E-state index in [1.54, 1.807) is 0 Å². The Kier molecular flexibility index (Phi) is 20.2. The molecule has 0 bridgehead atoms. The largest absolute Gasteiger partial charge is 0.327 e. The zero-order valence-corrected chi connectivity index (χ0v) is 18.0. The van der Waals surface area contributed by atoms with Crippen LogP contribution in [0.4, 0.5) is 0 Å². The van der Waals surface area contributed by atoms with Gasteiger partial charge in [0.05, 0.1) is 0 Å². The predicted octanol–water partition coefficient (Wildman–Crippen LogP) is 6.92. The summed E-state index contributed by atoms with van der Waals surface area (Å²) >= 11 is 0. The van der Waals surface area contributed by atoms with E-state index in [2.05, 4.69) is 25.7 Å². The molecule has 1 atom stereocenters. The number of rotatable bonds is 20. The van der Waals surface area contributed by atoms with Crippen molar-refractivity contribution < 1.29 is 0 Å². The Morgan fingerprint density at radius 3 is 1.20 bits per heavy atom. The second kappa shape index (κ2) is 20.2. The van der Waals surface area contributed by atoms with E-state index < -0.39 is 0 Å². The molecule has 0 amide bonds. The summed E-state index contributed by atoms with van der Waals surface area (Å²) in [6.07, 6.45) is 22.5. The molecular formula is C23H50N2. The molecule has 0 aliphatic rings. The van der Waals surface area contributed by atoms with Crippen molar-refractivity contribution in [1.82, 2.24) is 4.90 Å². The molecular weight excluding hydrogens is 304 g/mol. The van der Waals surface area contributed by atoms with Crippen molar-refractivity contribution in [3.63, 3.8) is 0 Å². The molecule has 0 fully saturated rings. The first-order valence-electron chi connectivity index (χ1n) is 11.7. The molecule has 0 spiro atoms. The molecule has 0 saturated carbocycles. The quantitative estimate of drug-likeness (QED) is 0.240. The minimum atomic E-state index is 0.308. The molecule has 0 aliphatic heterocycles. The molecule has 0 rings (SSSR count). The normalized spacial score (nSPS) is 12.8. The van der Waals surface area contributed by atoms with Gasteiger partial charge < -0.3 is 10.6 Å². The number of hydrogen-bond acceptors (Lipinski definition) is 2. The smallest absolute Gasteiger partial charge is 0.0139 e. The first-order chi connectivity index (χ1) is 12.2. The molecule has 2 heteroatoms. The fraction of sp³-hybridized carbons (Fsp3) is 1.00. The lowest BCUT2D eigenvalue weighted by Crippen LogP contribution is -2.36. The van der Waals surface area contributed by atoms with E-state index in [1.807, 2.05) is 0 Å². The van der Waals surface area contributed by atoms with E-state index in [9.17, 15) is 0 Å². The van der Waals surface area contributed by atoms with Crippen LogP contribution in [0.25, 0.3) is 0 Å². The van der Waals surface area contributed by atoms with Crippen LogP contribution in [0.5, 0.6) is 0 Å². The van der Waals surface area contributed by atoms with Gasteiger partial charge in [-0.05, 0) is 32.9 Å². The summed E-state index contributed by atoms with van der Waals surface area (Å²) in [6.45, 7) is 10.3. The Labute approximate surface area is 160 Å². The van der Waals surface area contributed by atoms with Gasteiger partial charge in [-0.1, -0.05) is 104 Å². The van der Waals surface area contributed by atoms with Gasteiger partial charge in [0, 0.05) is 12.6 Å². The summed E-state index contributed by atoms with van der Waals surface area (Å²) in [5.74, 6) is 0. The molecule has 0 heterocycles. The Balaban J connectivity index is 3.58. The van der Waals surface area contributed by atoms with E-state index in [0.29, 0.717) is 6.04 Å². The molecule has 0 saturated heterocycles. The van der Waals surface area contributed by atoms with Crippen LogP contribution in [0, 0.1) is 0 Å². The standard InChI is InChI=1S/C23H50N2/c1-4-6-8-10-12-14-16-18-20-25(22-23(3)24)21-19-17-15-13-11-9-7-5-2/h23H,4-22,24H2,1-3H3. The summed E-state index contributed by atoms with van der Waals surface area (Å²) in [5, 5.41) is 0. The average molecular weight is 355 g/mol. The molecule has 2 nitrogen and oxygen atoms in total. The second-order valence-corrected chi connectivity index (χ2v) is 8.23. The maximum atomic E-state index is 6.05. The van der Waals surface area contributed by atoms with E-state index in [-0.39, 0.29) is 0 Å². The maximum absolute atomic E-state index is 6.05. The molecule has 1 unspecified atom stereocenters. The third-order valence-electron chi connectivity index (χ3n) is 5.20. The van der Waals surface area contributed by atoms with Gasteiger partial charge in [-0.2, -0.15) is 0 Å². The Morgan fingerprint density at radius 2 is 0.880 bits per heavy atom. The van der Waals surface area contributed by atoms with E-state index in [1.165, 1.54) is 116 Å². The summed E-state index contributed by atoms with van der Waals surface area (Å²) in [4.78, 5) is 2.62. The molecule has 0 aromatic rings. The van der Waals surface area contributed by atoms with Gasteiger partial charge in [0.15, 0.2) is 0 Å². The van der Waals surface area contributed by atoms with Gasteiger partial charge in [-0.25, -0.2) is 0 Å².